The highest BCUT2D eigenvalue weighted by Gasteiger charge is 2.31. The molecule has 0 radical (unpaired) electrons. The largest absolute Gasteiger partial charge is 0.480 e. The Kier molecular flexibility index (Phi) is 6.18. The van der Waals surface area contributed by atoms with Crippen LogP contribution in [0.4, 0.5) is 13.2 Å². The van der Waals surface area contributed by atoms with Crippen LogP contribution in [0.2, 0.25) is 0 Å². The Morgan fingerprint density at radius 2 is 1.83 bits per heavy atom. The normalized spacial score (nSPS) is 14.4. The first-order valence-corrected chi connectivity index (χ1v) is 7.21. The second kappa shape index (κ2) is 7.48. The number of nitrogens with one attached hydrogen (secondary N) is 1. The Bertz CT molecular complexity index is 570. The van der Waals surface area contributed by atoms with Gasteiger partial charge in [0.25, 0.3) is 0 Å². The van der Waals surface area contributed by atoms with Gasteiger partial charge in [-0.3, -0.25) is 4.79 Å². The van der Waals surface area contributed by atoms with E-state index in [9.17, 15) is 22.8 Å². The van der Waals surface area contributed by atoms with E-state index >= 15 is 0 Å². The molecule has 2 atom stereocenters. The minimum Gasteiger partial charge on any atom is -0.480 e. The van der Waals surface area contributed by atoms with Crippen molar-refractivity contribution in [2.45, 2.75) is 45.3 Å². The van der Waals surface area contributed by atoms with E-state index in [2.05, 4.69) is 5.32 Å². The first-order chi connectivity index (χ1) is 10.5. The van der Waals surface area contributed by atoms with Crippen molar-refractivity contribution < 1.29 is 27.9 Å². The molecule has 23 heavy (non-hydrogen) atoms. The van der Waals surface area contributed by atoms with E-state index in [1.165, 1.54) is 12.1 Å². The highest BCUT2D eigenvalue weighted by molar-refractivity contribution is 5.84. The smallest absolute Gasteiger partial charge is 0.416 e. The van der Waals surface area contributed by atoms with Gasteiger partial charge >= 0.3 is 12.1 Å². The maximum atomic E-state index is 12.7. The van der Waals surface area contributed by atoms with Crippen molar-refractivity contribution in [1.29, 1.82) is 0 Å². The molecule has 2 unspecified atom stereocenters. The number of carbonyl (C=O) groups excluding carboxylic acids is 1. The van der Waals surface area contributed by atoms with Gasteiger partial charge in [-0.15, -0.1) is 0 Å². The quantitative estimate of drug-likeness (QED) is 0.839. The molecular weight excluding hydrogens is 311 g/mol. The molecule has 128 valence electrons. The number of carbonyl (C=O) groups is 2. The molecule has 0 fully saturated rings. The van der Waals surface area contributed by atoms with Gasteiger partial charge in [0.15, 0.2) is 0 Å². The molecule has 0 aromatic heterocycles. The molecule has 0 spiro atoms. The Labute approximate surface area is 132 Å². The van der Waals surface area contributed by atoms with Crippen molar-refractivity contribution in [1.82, 2.24) is 5.32 Å². The monoisotopic (exact) mass is 331 g/mol. The molecule has 1 aromatic carbocycles. The fraction of sp³-hybridized carbons (Fsp3) is 0.500. The molecule has 1 aromatic rings. The van der Waals surface area contributed by atoms with Crippen LogP contribution < -0.4 is 5.32 Å². The van der Waals surface area contributed by atoms with Crippen LogP contribution >= 0.6 is 0 Å². The lowest BCUT2D eigenvalue weighted by molar-refractivity contribution is -0.143. The van der Waals surface area contributed by atoms with Crippen molar-refractivity contribution >= 4 is 11.9 Å². The van der Waals surface area contributed by atoms with Crippen molar-refractivity contribution in [2.24, 2.45) is 5.92 Å². The Morgan fingerprint density at radius 1 is 1.22 bits per heavy atom. The number of hydrogen-bond acceptors (Lipinski definition) is 2. The summed E-state index contributed by atoms with van der Waals surface area (Å²) in [6, 6.07) is 3.77. The molecule has 1 amide bonds. The average Bonchev–Trinajstić information content (AvgIpc) is 2.43. The minimum absolute atomic E-state index is 0.0855. The molecular formula is C16H20F3NO3. The molecule has 1 rings (SSSR count). The number of amides is 1. The number of benzene rings is 1. The van der Waals surface area contributed by atoms with Crippen molar-refractivity contribution in [2.75, 3.05) is 0 Å². The number of aliphatic carboxylic acids is 1. The molecule has 4 nitrogen and oxygen atoms in total. The maximum absolute atomic E-state index is 12.7. The second-order valence-electron chi connectivity index (χ2n) is 5.86. The van der Waals surface area contributed by atoms with Crippen LogP contribution in [0, 0.1) is 5.92 Å². The molecule has 0 saturated heterocycles. The van der Waals surface area contributed by atoms with Crippen LogP contribution in [-0.2, 0) is 15.8 Å². The van der Waals surface area contributed by atoms with E-state index in [0.29, 0.717) is 5.56 Å². The fourth-order valence-corrected chi connectivity index (χ4v) is 2.16. The molecule has 0 bridgehead atoms. The molecule has 2 N–H and O–H groups in total. The van der Waals surface area contributed by atoms with Crippen LogP contribution in [0.25, 0.3) is 0 Å². The van der Waals surface area contributed by atoms with Gasteiger partial charge in [-0.25, -0.2) is 4.79 Å². The standard InChI is InChI=1S/C16H20F3NO3/c1-9(2)14(15(22)23)20-13(21)7-10(3)11-5-4-6-12(8-11)16(17,18)19/h4-6,8-10,14H,7H2,1-3H3,(H,20,21)(H,22,23). The van der Waals surface area contributed by atoms with Crippen LogP contribution in [0.5, 0.6) is 0 Å². The summed E-state index contributed by atoms with van der Waals surface area (Å²) < 4.78 is 38.1. The Hall–Kier alpha value is -2.05. The predicted molar refractivity (Wildman–Crippen MR) is 78.9 cm³/mol. The van der Waals surface area contributed by atoms with Gasteiger partial charge in [0.2, 0.25) is 5.91 Å². The summed E-state index contributed by atoms with van der Waals surface area (Å²) in [5.74, 6) is -2.39. The van der Waals surface area contributed by atoms with E-state index in [-0.39, 0.29) is 12.3 Å². The third kappa shape index (κ3) is 5.58. The van der Waals surface area contributed by atoms with E-state index in [1.807, 2.05) is 0 Å². The van der Waals surface area contributed by atoms with E-state index in [4.69, 9.17) is 5.11 Å². The van der Waals surface area contributed by atoms with Gasteiger partial charge in [-0.2, -0.15) is 13.2 Å². The molecule has 0 aliphatic carbocycles. The van der Waals surface area contributed by atoms with Gasteiger partial charge in [0, 0.05) is 6.42 Å². The van der Waals surface area contributed by atoms with Gasteiger partial charge in [-0.05, 0) is 23.5 Å². The van der Waals surface area contributed by atoms with Gasteiger partial charge in [0.1, 0.15) is 6.04 Å². The topological polar surface area (TPSA) is 66.4 Å². The van der Waals surface area contributed by atoms with Crippen molar-refractivity contribution in [3.63, 3.8) is 0 Å². The predicted octanol–water partition coefficient (Wildman–Crippen LogP) is 3.42. The van der Waals surface area contributed by atoms with Crippen LogP contribution in [0.1, 0.15) is 44.2 Å². The summed E-state index contributed by atoms with van der Waals surface area (Å²) in [5.41, 5.74) is -0.390. The maximum Gasteiger partial charge on any atom is 0.416 e. The number of carboxylic acids is 1. The minimum atomic E-state index is -4.44. The number of rotatable bonds is 6. The highest BCUT2D eigenvalue weighted by Crippen LogP contribution is 2.31. The summed E-state index contributed by atoms with van der Waals surface area (Å²) in [4.78, 5) is 23.0. The third-order valence-corrected chi connectivity index (χ3v) is 3.52. The van der Waals surface area contributed by atoms with Crippen LogP contribution in [-0.4, -0.2) is 23.0 Å². The van der Waals surface area contributed by atoms with E-state index < -0.39 is 35.6 Å². The van der Waals surface area contributed by atoms with Gasteiger partial charge in [0.05, 0.1) is 5.56 Å². The Morgan fingerprint density at radius 3 is 2.30 bits per heavy atom. The van der Waals surface area contributed by atoms with Crippen LogP contribution in [0.3, 0.4) is 0 Å². The lowest BCUT2D eigenvalue weighted by atomic mass is 9.95. The Balaban J connectivity index is 2.78. The number of hydrogen-bond donors (Lipinski definition) is 2. The zero-order valence-electron chi connectivity index (χ0n) is 13.1. The number of halogens is 3. The third-order valence-electron chi connectivity index (χ3n) is 3.52. The SMILES string of the molecule is CC(CC(=O)NC(C(=O)O)C(C)C)c1cccc(C(F)(F)F)c1. The van der Waals surface area contributed by atoms with Gasteiger partial charge in [-0.1, -0.05) is 39.0 Å². The summed E-state index contributed by atoms with van der Waals surface area (Å²) in [6.45, 7) is 4.95. The molecule has 0 aliphatic heterocycles. The summed E-state index contributed by atoms with van der Waals surface area (Å²) >= 11 is 0. The molecule has 7 heteroatoms. The second-order valence-corrected chi connectivity index (χ2v) is 5.86. The van der Waals surface area contributed by atoms with Gasteiger partial charge < -0.3 is 10.4 Å². The summed E-state index contributed by atoms with van der Waals surface area (Å²) in [6.07, 6.45) is -4.53. The summed E-state index contributed by atoms with van der Waals surface area (Å²) in [7, 11) is 0. The zero-order chi connectivity index (χ0) is 17.8. The van der Waals surface area contributed by atoms with Crippen LogP contribution in [0.15, 0.2) is 24.3 Å². The van der Waals surface area contributed by atoms with E-state index in [0.717, 1.165) is 12.1 Å². The number of alkyl halides is 3. The van der Waals surface area contributed by atoms with E-state index in [1.54, 1.807) is 20.8 Å². The zero-order valence-corrected chi connectivity index (χ0v) is 13.1. The molecule has 0 aliphatic rings. The average molecular weight is 331 g/mol. The first kappa shape index (κ1) is 19.0. The van der Waals surface area contributed by atoms with Crippen molar-refractivity contribution in [3.8, 4) is 0 Å². The lowest BCUT2D eigenvalue weighted by Crippen LogP contribution is -2.44. The molecule has 0 saturated carbocycles. The first-order valence-electron chi connectivity index (χ1n) is 7.21. The fourth-order valence-electron chi connectivity index (χ4n) is 2.16. The summed E-state index contributed by atoms with van der Waals surface area (Å²) in [5, 5.41) is 11.4. The number of carboxylic acid groups (broad SMARTS) is 1. The van der Waals surface area contributed by atoms with Crippen molar-refractivity contribution in [3.05, 3.63) is 35.4 Å². The highest BCUT2D eigenvalue weighted by atomic mass is 19.4. The molecule has 0 heterocycles. The lowest BCUT2D eigenvalue weighted by Gasteiger charge is -2.20.